The molecule has 1 aliphatic rings. The summed E-state index contributed by atoms with van der Waals surface area (Å²) in [5, 5.41) is 14.5. The summed E-state index contributed by atoms with van der Waals surface area (Å²) in [7, 11) is -1.27. The number of methoxy groups -OCH3 is 2. The van der Waals surface area contributed by atoms with Crippen molar-refractivity contribution in [1.82, 2.24) is 10.6 Å². The van der Waals surface area contributed by atoms with Crippen LogP contribution in [0.25, 0.3) is 0 Å². The van der Waals surface area contributed by atoms with E-state index in [4.69, 9.17) is 9.47 Å². The van der Waals surface area contributed by atoms with E-state index in [0.717, 1.165) is 7.11 Å². The van der Waals surface area contributed by atoms with Crippen molar-refractivity contribution in [3.8, 4) is 11.5 Å². The lowest BCUT2D eigenvalue weighted by atomic mass is 9.95. The van der Waals surface area contributed by atoms with E-state index in [9.17, 15) is 23.1 Å². The molecule has 10 heteroatoms. The second-order valence-electron chi connectivity index (χ2n) is 6.44. The number of hydrogen-bond donors (Lipinski definition) is 3. The number of benzene rings is 2. The van der Waals surface area contributed by atoms with Gasteiger partial charge in [-0.15, -0.1) is 0 Å². The minimum atomic E-state index is -3.90. The monoisotopic (exact) mass is 432 g/mol. The summed E-state index contributed by atoms with van der Waals surface area (Å²) >= 11 is 0. The van der Waals surface area contributed by atoms with Crippen molar-refractivity contribution >= 4 is 21.8 Å². The predicted octanol–water partition coefficient (Wildman–Crippen LogP) is 1.66. The summed E-state index contributed by atoms with van der Waals surface area (Å²) in [6.07, 6.45) is 0. The van der Waals surface area contributed by atoms with Crippen LogP contribution in [0, 0.1) is 0 Å². The smallest absolute Gasteiger partial charge is 0.338 e. The zero-order chi connectivity index (χ0) is 21.9. The lowest BCUT2D eigenvalue weighted by molar-refractivity contribution is -0.136. The quantitative estimate of drug-likeness (QED) is 0.592. The fourth-order valence-electron chi connectivity index (χ4n) is 3.06. The van der Waals surface area contributed by atoms with E-state index < -0.39 is 33.6 Å². The molecule has 0 aromatic heterocycles. The minimum Gasteiger partial charge on any atom is -0.508 e. The van der Waals surface area contributed by atoms with Gasteiger partial charge in [0, 0.05) is 5.70 Å². The van der Waals surface area contributed by atoms with Gasteiger partial charge in [-0.2, -0.15) is 0 Å². The maximum absolute atomic E-state index is 12.9. The van der Waals surface area contributed by atoms with Gasteiger partial charge in [0.2, 0.25) is 0 Å². The Morgan fingerprint density at radius 2 is 1.70 bits per heavy atom. The highest BCUT2D eigenvalue weighted by Crippen LogP contribution is 2.30. The molecular weight excluding hydrogens is 412 g/mol. The maximum Gasteiger partial charge on any atom is 0.338 e. The van der Waals surface area contributed by atoms with Crippen LogP contribution in [0.5, 0.6) is 11.5 Å². The zero-order valence-electron chi connectivity index (χ0n) is 16.2. The molecule has 30 heavy (non-hydrogen) atoms. The average molecular weight is 432 g/mol. The molecule has 3 N–H and O–H groups in total. The number of hydrogen-bond acceptors (Lipinski definition) is 7. The Bertz CT molecular complexity index is 1090. The van der Waals surface area contributed by atoms with Crippen LogP contribution in [0.1, 0.15) is 11.6 Å². The van der Waals surface area contributed by atoms with Gasteiger partial charge >= 0.3 is 12.0 Å². The van der Waals surface area contributed by atoms with Gasteiger partial charge in [0.1, 0.15) is 11.5 Å². The Balaban J connectivity index is 2.05. The number of sulfone groups is 1. The first kappa shape index (κ1) is 21.2. The third kappa shape index (κ3) is 4.38. The minimum absolute atomic E-state index is 0.00455. The van der Waals surface area contributed by atoms with Crippen molar-refractivity contribution in [2.45, 2.75) is 10.9 Å². The number of phenols is 1. The molecule has 0 spiro atoms. The van der Waals surface area contributed by atoms with Crippen LogP contribution in [0.2, 0.25) is 0 Å². The van der Waals surface area contributed by atoms with E-state index in [2.05, 4.69) is 10.6 Å². The molecule has 0 saturated carbocycles. The molecule has 1 aliphatic heterocycles. The number of rotatable bonds is 6. The Morgan fingerprint density at radius 1 is 1.07 bits per heavy atom. The summed E-state index contributed by atoms with van der Waals surface area (Å²) in [6, 6.07) is 9.98. The second kappa shape index (κ2) is 8.46. The van der Waals surface area contributed by atoms with Crippen molar-refractivity contribution in [3.63, 3.8) is 0 Å². The van der Waals surface area contributed by atoms with Crippen LogP contribution in [0.4, 0.5) is 4.79 Å². The molecule has 0 aliphatic carbocycles. The van der Waals surface area contributed by atoms with Gasteiger partial charge in [-0.1, -0.05) is 12.1 Å². The number of amides is 2. The third-order valence-corrected chi connectivity index (χ3v) is 6.20. The van der Waals surface area contributed by atoms with E-state index in [1.165, 1.54) is 55.6 Å². The standard InChI is InChI=1S/C20H20N2O7S/c1-28-14-7-9-15(10-8-14)30(26,27)11-16-17(19(24)29-2)18(22-20(25)21-16)12-3-5-13(23)6-4-12/h3-10,18,23H,11H2,1-2H3,(H2,21,22,25)/t18-/m0/s1. The fourth-order valence-corrected chi connectivity index (χ4v) is 4.38. The van der Waals surface area contributed by atoms with Crippen LogP contribution in [0.3, 0.4) is 0 Å². The fraction of sp³-hybridized carbons (Fsp3) is 0.200. The van der Waals surface area contributed by atoms with Crippen molar-refractivity contribution in [2.75, 3.05) is 20.0 Å². The highest BCUT2D eigenvalue weighted by molar-refractivity contribution is 7.91. The highest BCUT2D eigenvalue weighted by Gasteiger charge is 2.35. The van der Waals surface area contributed by atoms with Crippen LogP contribution in [0.15, 0.2) is 64.7 Å². The topological polar surface area (TPSA) is 131 Å². The summed E-state index contributed by atoms with van der Waals surface area (Å²) < 4.78 is 35.7. The second-order valence-corrected chi connectivity index (χ2v) is 8.43. The molecule has 1 heterocycles. The predicted molar refractivity (Wildman–Crippen MR) is 107 cm³/mol. The summed E-state index contributed by atoms with van der Waals surface area (Å²) in [4.78, 5) is 24.7. The molecule has 0 bridgehead atoms. The molecule has 2 amide bonds. The van der Waals surface area contributed by atoms with Crippen molar-refractivity contribution in [3.05, 3.63) is 65.4 Å². The number of urea groups is 1. The van der Waals surface area contributed by atoms with E-state index in [1.54, 1.807) is 0 Å². The maximum atomic E-state index is 12.9. The molecule has 3 rings (SSSR count). The van der Waals surface area contributed by atoms with Crippen LogP contribution in [-0.4, -0.2) is 45.5 Å². The highest BCUT2D eigenvalue weighted by atomic mass is 32.2. The van der Waals surface area contributed by atoms with Crippen molar-refractivity contribution in [2.24, 2.45) is 0 Å². The number of carbonyl (C=O) groups is 2. The lowest BCUT2D eigenvalue weighted by Gasteiger charge is -2.29. The van der Waals surface area contributed by atoms with Gasteiger partial charge < -0.3 is 25.2 Å². The Hall–Kier alpha value is -3.53. The number of esters is 1. The van der Waals surface area contributed by atoms with Gasteiger partial charge in [0.25, 0.3) is 0 Å². The first-order valence-corrected chi connectivity index (χ1v) is 10.4. The first-order chi connectivity index (χ1) is 14.2. The summed E-state index contributed by atoms with van der Waals surface area (Å²) in [5.74, 6) is -0.914. The summed E-state index contributed by atoms with van der Waals surface area (Å²) in [5.41, 5.74) is 0.349. The molecule has 9 nitrogen and oxygen atoms in total. The molecule has 0 saturated heterocycles. The van der Waals surface area contributed by atoms with Gasteiger partial charge in [-0.25, -0.2) is 18.0 Å². The van der Waals surface area contributed by atoms with Crippen molar-refractivity contribution < 1.29 is 32.6 Å². The number of ether oxygens (including phenoxy) is 2. The molecular formula is C20H20N2O7S. The van der Waals surface area contributed by atoms with Gasteiger partial charge in [0.15, 0.2) is 9.84 Å². The Morgan fingerprint density at radius 3 is 2.27 bits per heavy atom. The molecule has 158 valence electrons. The van der Waals surface area contributed by atoms with Gasteiger partial charge in [-0.3, -0.25) is 0 Å². The van der Waals surface area contributed by atoms with Crippen LogP contribution < -0.4 is 15.4 Å². The molecule has 2 aromatic rings. The van der Waals surface area contributed by atoms with Gasteiger partial charge in [0.05, 0.1) is 36.5 Å². The van der Waals surface area contributed by atoms with E-state index in [0.29, 0.717) is 11.3 Å². The molecule has 1 atom stereocenters. The molecule has 2 aromatic carbocycles. The first-order valence-electron chi connectivity index (χ1n) is 8.80. The molecule has 0 unspecified atom stereocenters. The van der Waals surface area contributed by atoms with Gasteiger partial charge in [-0.05, 0) is 42.0 Å². The number of aromatic hydroxyl groups is 1. The molecule has 0 radical (unpaired) electrons. The average Bonchev–Trinajstić information content (AvgIpc) is 2.73. The van der Waals surface area contributed by atoms with Crippen molar-refractivity contribution in [1.29, 1.82) is 0 Å². The summed E-state index contributed by atoms with van der Waals surface area (Å²) in [6.45, 7) is 0. The molecule has 0 fully saturated rings. The number of carbonyl (C=O) groups excluding carboxylic acids is 2. The lowest BCUT2D eigenvalue weighted by Crippen LogP contribution is -2.47. The van der Waals surface area contributed by atoms with Crippen LogP contribution >= 0.6 is 0 Å². The normalized spacial score (nSPS) is 16.5. The largest absolute Gasteiger partial charge is 0.508 e. The number of nitrogens with one attached hydrogen (secondary N) is 2. The van der Waals surface area contributed by atoms with E-state index >= 15 is 0 Å². The third-order valence-electron chi connectivity index (χ3n) is 4.54. The number of phenolic OH excluding ortho intramolecular Hbond substituents is 1. The van der Waals surface area contributed by atoms with E-state index in [-0.39, 0.29) is 21.9 Å². The SMILES string of the molecule is COC(=O)C1=C(CS(=O)(=O)c2ccc(OC)cc2)NC(=O)N[C@H]1c1ccc(O)cc1. The Kier molecular flexibility index (Phi) is 5.97. The van der Waals surface area contributed by atoms with E-state index in [1.807, 2.05) is 0 Å². The van der Waals surface area contributed by atoms with Crippen LogP contribution in [-0.2, 0) is 19.4 Å². The zero-order valence-corrected chi connectivity index (χ0v) is 17.0. The Labute approximate surface area is 173 Å².